The first-order valence-electron chi connectivity index (χ1n) is 6.55. The molecule has 0 saturated heterocycles. The first-order chi connectivity index (χ1) is 8.74. The van der Waals surface area contributed by atoms with Crippen LogP contribution in [-0.2, 0) is 11.2 Å². The standard InChI is InChI=1S/C13H22N4O/c1-4-10-11(14-2)16-9-17-12(10)15-8-13(18-3)6-5-7-13/h9H,4-8H2,1-3H3,(H2,14,15,16,17). The van der Waals surface area contributed by atoms with Crippen molar-refractivity contribution in [2.24, 2.45) is 0 Å². The van der Waals surface area contributed by atoms with Gasteiger partial charge in [0.2, 0.25) is 0 Å². The van der Waals surface area contributed by atoms with Crippen molar-refractivity contribution in [2.45, 2.75) is 38.2 Å². The van der Waals surface area contributed by atoms with Gasteiger partial charge in [-0.05, 0) is 25.7 Å². The monoisotopic (exact) mass is 250 g/mol. The molecule has 1 aromatic heterocycles. The van der Waals surface area contributed by atoms with Gasteiger partial charge >= 0.3 is 0 Å². The second kappa shape index (κ2) is 5.52. The average molecular weight is 250 g/mol. The minimum Gasteiger partial charge on any atom is -0.376 e. The van der Waals surface area contributed by atoms with E-state index in [2.05, 4.69) is 27.5 Å². The number of hydrogen-bond acceptors (Lipinski definition) is 5. The van der Waals surface area contributed by atoms with Gasteiger partial charge in [0.1, 0.15) is 18.0 Å². The molecule has 1 aliphatic rings. The maximum absolute atomic E-state index is 5.60. The summed E-state index contributed by atoms with van der Waals surface area (Å²) in [4.78, 5) is 8.57. The lowest BCUT2D eigenvalue weighted by molar-refractivity contribution is -0.0601. The average Bonchev–Trinajstić information content (AvgIpc) is 2.37. The summed E-state index contributed by atoms with van der Waals surface area (Å²) >= 11 is 0. The molecule has 5 nitrogen and oxygen atoms in total. The van der Waals surface area contributed by atoms with Gasteiger partial charge in [0, 0.05) is 26.3 Å². The quantitative estimate of drug-likeness (QED) is 0.809. The Balaban J connectivity index is 2.09. The Bertz CT molecular complexity index is 398. The lowest BCUT2D eigenvalue weighted by atomic mass is 9.80. The van der Waals surface area contributed by atoms with Crippen molar-refractivity contribution >= 4 is 11.6 Å². The number of rotatable bonds is 6. The van der Waals surface area contributed by atoms with E-state index in [0.29, 0.717) is 0 Å². The highest BCUT2D eigenvalue weighted by Gasteiger charge is 2.36. The molecule has 18 heavy (non-hydrogen) atoms. The molecule has 0 amide bonds. The van der Waals surface area contributed by atoms with E-state index in [1.165, 1.54) is 6.42 Å². The number of ether oxygens (including phenoxy) is 1. The fourth-order valence-electron chi connectivity index (χ4n) is 2.38. The van der Waals surface area contributed by atoms with Crippen LogP contribution in [0.3, 0.4) is 0 Å². The molecule has 5 heteroatoms. The molecule has 2 rings (SSSR count). The van der Waals surface area contributed by atoms with Crippen LogP contribution in [-0.4, -0.2) is 36.3 Å². The number of nitrogens with one attached hydrogen (secondary N) is 2. The van der Waals surface area contributed by atoms with Crippen molar-refractivity contribution in [3.8, 4) is 0 Å². The minimum atomic E-state index is 0.00969. The van der Waals surface area contributed by atoms with Gasteiger partial charge in [0.15, 0.2) is 0 Å². The Kier molecular flexibility index (Phi) is 4.01. The van der Waals surface area contributed by atoms with Gasteiger partial charge < -0.3 is 15.4 Å². The predicted molar refractivity (Wildman–Crippen MR) is 73.0 cm³/mol. The minimum absolute atomic E-state index is 0.00969. The highest BCUT2D eigenvalue weighted by atomic mass is 16.5. The molecule has 0 unspecified atom stereocenters. The summed E-state index contributed by atoms with van der Waals surface area (Å²) < 4.78 is 5.60. The summed E-state index contributed by atoms with van der Waals surface area (Å²) in [5, 5.41) is 6.52. The summed E-state index contributed by atoms with van der Waals surface area (Å²) in [6.07, 6.45) is 6.00. The van der Waals surface area contributed by atoms with E-state index in [1.54, 1.807) is 13.4 Å². The van der Waals surface area contributed by atoms with Gasteiger partial charge in [0.25, 0.3) is 0 Å². The molecule has 1 aliphatic carbocycles. The Labute approximate surface area is 108 Å². The molecule has 100 valence electrons. The first-order valence-corrected chi connectivity index (χ1v) is 6.55. The van der Waals surface area contributed by atoms with E-state index in [0.717, 1.165) is 43.0 Å². The number of nitrogens with zero attached hydrogens (tertiary/aromatic N) is 2. The van der Waals surface area contributed by atoms with Crippen LogP contribution >= 0.6 is 0 Å². The molecule has 2 N–H and O–H groups in total. The molecule has 1 saturated carbocycles. The molecule has 0 spiro atoms. The highest BCUT2D eigenvalue weighted by Crippen LogP contribution is 2.35. The number of methoxy groups -OCH3 is 1. The van der Waals surface area contributed by atoms with Crippen molar-refractivity contribution in [1.82, 2.24) is 9.97 Å². The second-order valence-corrected chi connectivity index (χ2v) is 4.75. The molecule has 1 heterocycles. The van der Waals surface area contributed by atoms with Crippen molar-refractivity contribution < 1.29 is 4.74 Å². The van der Waals surface area contributed by atoms with Gasteiger partial charge in [-0.25, -0.2) is 9.97 Å². The zero-order valence-electron chi connectivity index (χ0n) is 11.4. The Hall–Kier alpha value is -1.36. The maximum Gasteiger partial charge on any atom is 0.134 e. The maximum atomic E-state index is 5.60. The van der Waals surface area contributed by atoms with Crippen LogP contribution in [0, 0.1) is 0 Å². The molecule has 1 fully saturated rings. The summed E-state index contributed by atoms with van der Waals surface area (Å²) in [5.41, 5.74) is 1.14. The van der Waals surface area contributed by atoms with Crippen LogP contribution in [0.4, 0.5) is 11.6 Å². The van der Waals surface area contributed by atoms with Gasteiger partial charge in [-0.3, -0.25) is 0 Å². The van der Waals surface area contributed by atoms with Gasteiger partial charge in [0.05, 0.1) is 5.60 Å². The zero-order chi connectivity index (χ0) is 13.0. The summed E-state index contributed by atoms with van der Waals surface area (Å²) in [7, 11) is 3.68. The molecule has 0 radical (unpaired) electrons. The Morgan fingerprint density at radius 1 is 1.33 bits per heavy atom. The van der Waals surface area contributed by atoms with E-state index in [-0.39, 0.29) is 5.60 Å². The third-order valence-electron chi connectivity index (χ3n) is 3.81. The smallest absolute Gasteiger partial charge is 0.134 e. The van der Waals surface area contributed by atoms with E-state index >= 15 is 0 Å². The lowest BCUT2D eigenvalue weighted by Crippen LogP contribution is -2.45. The van der Waals surface area contributed by atoms with Crippen LogP contribution in [0.1, 0.15) is 31.7 Å². The third kappa shape index (κ3) is 2.41. The Morgan fingerprint density at radius 3 is 2.56 bits per heavy atom. The third-order valence-corrected chi connectivity index (χ3v) is 3.81. The summed E-state index contributed by atoms with van der Waals surface area (Å²) in [6.45, 7) is 2.93. The molecular formula is C13H22N4O. The zero-order valence-corrected chi connectivity index (χ0v) is 11.4. The first kappa shape index (κ1) is 13.1. The fourth-order valence-corrected chi connectivity index (χ4v) is 2.38. The van der Waals surface area contributed by atoms with Gasteiger partial charge in [-0.2, -0.15) is 0 Å². The summed E-state index contributed by atoms with van der Waals surface area (Å²) in [6, 6.07) is 0. The lowest BCUT2D eigenvalue weighted by Gasteiger charge is -2.40. The topological polar surface area (TPSA) is 59.1 Å². The molecular weight excluding hydrogens is 228 g/mol. The molecule has 0 atom stereocenters. The SMILES string of the molecule is CCc1c(NC)ncnc1NCC1(OC)CCC1. The molecule has 0 bridgehead atoms. The van der Waals surface area contributed by atoms with Crippen molar-refractivity contribution in [1.29, 1.82) is 0 Å². The van der Waals surface area contributed by atoms with Gasteiger partial charge in [-0.15, -0.1) is 0 Å². The molecule has 0 aromatic carbocycles. The largest absolute Gasteiger partial charge is 0.376 e. The van der Waals surface area contributed by atoms with E-state index < -0.39 is 0 Å². The normalized spacial score (nSPS) is 17.1. The van der Waals surface area contributed by atoms with Crippen molar-refractivity contribution in [2.75, 3.05) is 31.3 Å². The van der Waals surface area contributed by atoms with Crippen LogP contribution in [0.2, 0.25) is 0 Å². The van der Waals surface area contributed by atoms with Crippen molar-refractivity contribution in [3.63, 3.8) is 0 Å². The van der Waals surface area contributed by atoms with Gasteiger partial charge in [-0.1, -0.05) is 6.92 Å². The highest BCUT2D eigenvalue weighted by molar-refractivity contribution is 5.57. The van der Waals surface area contributed by atoms with Crippen molar-refractivity contribution in [3.05, 3.63) is 11.9 Å². The Morgan fingerprint density at radius 2 is 2.06 bits per heavy atom. The van der Waals surface area contributed by atoms with Crippen LogP contribution in [0.25, 0.3) is 0 Å². The van der Waals surface area contributed by atoms with E-state index in [1.807, 2.05) is 7.05 Å². The fraction of sp³-hybridized carbons (Fsp3) is 0.692. The molecule has 1 aromatic rings. The number of hydrogen-bond donors (Lipinski definition) is 2. The van der Waals surface area contributed by atoms with Crippen LogP contribution in [0.5, 0.6) is 0 Å². The number of aromatic nitrogens is 2. The van der Waals surface area contributed by atoms with E-state index in [9.17, 15) is 0 Å². The summed E-state index contributed by atoms with van der Waals surface area (Å²) in [5.74, 6) is 1.82. The second-order valence-electron chi connectivity index (χ2n) is 4.75. The molecule has 0 aliphatic heterocycles. The number of anilines is 2. The predicted octanol–water partition coefficient (Wildman–Crippen LogP) is 2.06. The van der Waals surface area contributed by atoms with E-state index in [4.69, 9.17) is 4.74 Å². The van der Waals surface area contributed by atoms with Crippen LogP contribution < -0.4 is 10.6 Å². The van der Waals surface area contributed by atoms with Crippen LogP contribution in [0.15, 0.2) is 6.33 Å².